The fourth-order valence-corrected chi connectivity index (χ4v) is 4.94. The molecule has 0 fully saturated rings. The van der Waals surface area contributed by atoms with Crippen molar-refractivity contribution in [2.75, 3.05) is 5.75 Å². The number of nitrogens with zero attached hydrogens (tertiary/aromatic N) is 1. The highest BCUT2D eigenvalue weighted by Crippen LogP contribution is 2.29. The monoisotopic (exact) mass is 302 g/mol. The summed E-state index contributed by atoms with van der Waals surface area (Å²) in [7, 11) is -3.18. The summed E-state index contributed by atoms with van der Waals surface area (Å²) >= 11 is 1.67. The van der Waals surface area contributed by atoms with Crippen molar-refractivity contribution in [3.05, 3.63) is 15.6 Å². The van der Waals surface area contributed by atoms with E-state index in [0.717, 1.165) is 24.3 Å². The summed E-state index contributed by atoms with van der Waals surface area (Å²) in [6.45, 7) is 3.88. The maximum atomic E-state index is 11.9. The number of nitrogens with one attached hydrogen (secondary N) is 1. The third kappa shape index (κ3) is 4.00. The fraction of sp³-hybridized carbons (Fsp3) is 0.769. The first-order valence-corrected chi connectivity index (χ1v) is 9.47. The van der Waals surface area contributed by atoms with Crippen molar-refractivity contribution in [2.45, 2.75) is 58.4 Å². The Morgan fingerprint density at radius 3 is 2.79 bits per heavy atom. The molecule has 2 rings (SSSR count). The lowest BCUT2D eigenvalue weighted by molar-refractivity contribution is 0.562. The Hall–Kier alpha value is -0.460. The molecule has 0 unspecified atom stereocenters. The maximum Gasteiger partial charge on any atom is 0.212 e. The Balaban J connectivity index is 2.03. The van der Waals surface area contributed by atoms with Gasteiger partial charge in [0.1, 0.15) is 5.01 Å². The van der Waals surface area contributed by atoms with Gasteiger partial charge in [-0.25, -0.2) is 18.1 Å². The third-order valence-electron chi connectivity index (χ3n) is 3.36. The molecule has 4 nitrogen and oxygen atoms in total. The van der Waals surface area contributed by atoms with Crippen molar-refractivity contribution in [3.8, 4) is 0 Å². The molecule has 0 saturated carbocycles. The van der Waals surface area contributed by atoms with Crippen molar-refractivity contribution >= 4 is 21.4 Å². The van der Waals surface area contributed by atoms with Gasteiger partial charge >= 0.3 is 0 Å². The van der Waals surface area contributed by atoms with E-state index in [1.807, 2.05) is 13.8 Å². The Kier molecular flexibility index (Phi) is 4.97. The highest BCUT2D eigenvalue weighted by molar-refractivity contribution is 7.89. The number of fused-ring (bicyclic) bond motifs is 1. The molecule has 0 bridgehead atoms. The summed E-state index contributed by atoms with van der Waals surface area (Å²) < 4.78 is 26.5. The van der Waals surface area contributed by atoms with Gasteiger partial charge in [0.15, 0.2) is 0 Å². The molecule has 1 aromatic heterocycles. The molecule has 0 spiro atoms. The van der Waals surface area contributed by atoms with Gasteiger partial charge in [0.2, 0.25) is 10.0 Å². The lowest BCUT2D eigenvalue weighted by atomic mass is 10.0. The summed E-state index contributed by atoms with van der Waals surface area (Å²) in [5.41, 5.74) is 1.19. The van der Waals surface area contributed by atoms with E-state index < -0.39 is 10.0 Å². The largest absolute Gasteiger partial charge is 0.244 e. The smallest absolute Gasteiger partial charge is 0.212 e. The second-order valence-electron chi connectivity index (χ2n) is 5.14. The molecule has 1 aromatic rings. The van der Waals surface area contributed by atoms with E-state index >= 15 is 0 Å². The van der Waals surface area contributed by atoms with Crippen molar-refractivity contribution in [1.82, 2.24) is 9.71 Å². The van der Waals surface area contributed by atoms with Gasteiger partial charge in [-0.3, -0.25) is 0 Å². The zero-order valence-electron chi connectivity index (χ0n) is 11.6. The van der Waals surface area contributed by atoms with E-state index in [9.17, 15) is 8.42 Å². The quantitative estimate of drug-likeness (QED) is 0.879. The predicted molar refractivity (Wildman–Crippen MR) is 79.0 cm³/mol. The zero-order valence-corrected chi connectivity index (χ0v) is 13.2. The second kappa shape index (κ2) is 6.33. The predicted octanol–water partition coefficient (Wildman–Crippen LogP) is 2.80. The summed E-state index contributed by atoms with van der Waals surface area (Å²) in [6, 6.07) is -0.211. The topological polar surface area (TPSA) is 59.1 Å². The first-order chi connectivity index (χ1) is 9.02. The van der Waals surface area contributed by atoms with Crippen LogP contribution in [-0.2, 0) is 22.9 Å². The second-order valence-corrected chi connectivity index (χ2v) is 8.13. The van der Waals surface area contributed by atoms with E-state index in [1.54, 1.807) is 11.3 Å². The van der Waals surface area contributed by atoms with E-state index in [4.69, 9.17) is 0 Å². The van der Waals surface area contributed by atoms with Crippen LogP contribution in [0.5, 0.6) is 0 Å². The van der Waals surface area contributed by atoms with E-state index in [1.165, 1.54) is 23.4 Å². The molecule has 1 aliphatic rings. The molecule has 19 heavy (non-hydrogen) atoms. The number of thiazole rings is 1. The molecule has 0 aromatic carbocycles. The van der Waals surface area contributed by atoms with Crippen molar-refractivity contribution in [2.24, 2.45) is 0 Å². The van der Waals surface area contributed by atoms with Crippen LogP contribution in [0.25, 0.3) is 0 Å². The number of hydrogen-bond acceptors (Lipinski definition) is 4. The van der Waals surface area contributed by atoms with Crippen molar-refractivity contribution < 1.29 is 8.42 Å². The summed E-state index contributed by atoms with van der Waals surface area (Å²) in [6.07, 6.45) is 6.17. The van der Waals surface area contributed by atoms with Crippen molar-refractivity contribution in [3.63, 3.8) is 0 Å². The highest BCUT2D eigenvalue weighted by atomic mass is 32.2. The van der Waals surface area contributed by atoms with Gasteiger partial charge in [-0.05, 0) is 39.0 Å². The van der Waals surface area contributed by atoms with Gasteiger partial charge in [-0.1, -0.05) is 13.3 Å². The third-order valence-corrected chi connectivity index (χ3v) is 6.23. The van der Waals surface area contributed by atoms with Crippen LogP contribution in [0, 0.1) is 0 Å². The van der Waals surface area contributed by atoms with Crippen LogP contribution in [0.3, 0.4) is 0 Å². The molecule has 0 amide bonds. The minimum atomic E-state index is -3.18. The standard InChI is InChI=1S/C13H22N2O2S2/c1-3-4-9-19(16,17)15-10(2)13-14-11-7-5-6-8-12(11)18-13/h10,15H,3-9H2,1-2H3/t10-/m0/s1. The van der Waals surface area contributed by atoms with Gasteiger partial charge in [-0.2, -0.15) is 0 Å². The van der Waals surface area contributed by atoms with Gasteiger partial charge in [0, 0.05) is 4.88 Å². The normalized spacial score (nSPS) is 17.2. The van der Waals surface area contributed by atoms with E-state index in [2.05, 4.69) is 9.71 Å². The SMILES string of the molecule is CCCCS(=O)(=O)N[C@@H](C)c1nc2c(s1)CCCC2. The Labute approximate surface area is 119 Å². The number of unbranched alkanes of at least 4 members (excludes halogenated alkanes) is 1. The van der Waals surface area contributed by atoms with Gasteiger partial charge < -0.3 is 0 Å². The molecular weight excluding hydrogens is 280 g/mol. The van der Waals surface area contributed by atoms with Crippen LogP contribution >= 0.6 is 11.3 Å². The van der Waals surface area contributed by atoms with Crippen LogP contribution in [-0.4, -0.2) is 19.2 Å². The molecular formula is C13H22N2O2S2. The van der Waals surface area contributed by atoms with Crippen LogP contribution in [0.4, 0.5) is 0 Å². The lowest BCUT2D eigenvalue weighted by Crippen LogP contribution is -2.29. The van der Waals surface area contributed by atoms with Gasteiger partial charge in [0.25, 0.3) is 0 Å². The van der Waals surface area contributed by atoms with Crippen LogP contribution in [0.15, 0.2) is 0 Å². The molecule has 1 aliphatic carbocycles. The van der Waals surface area contributed by atoms with Crippen LogP contribution in [0.2, 0.25) is 0 Å². The lowest BCUT2D eigenvalue weighted by Gasteiger charge is -2.11. The number of aryl methyl sites for hydroxylation is 2. The minimum Gasteiger partial charge on any atom is -0.244 e. The molecule has 0 radical (unpaired) electrons. The van der Waals surface area contributed by atoms with E-state index in [0.29, 0.717) is 6.42 Å². The molecule has 0 saturated heterocycles. The molecule has 108 valence electrons. The first-order valence-electron chi connectivity index (χ1n) is 7.00. The highest BCUT2D eigenvalue weighted by Gasteiger charge is 2.21. The zero-order chi connectivity index (χ0) is 13.9. The van der Waals surface area contributed by atoms with Gasteiger partial charge in [-0.15, -0.1) is 11.3 Å². The number of sulfonamides is 1. The van der Waals surface area contributed by atoms with Gasteiger partial charge in [0.05, 0.1) is 17.5 Å². The number of aromatic nitrogens is 1. The summed E-state index contributed by atoms with van der Waals surface area (Å²) in [5.74, 6) is 0.207. The number of hydrogen-bond donors (Lipinski definition) is 1. The Morgan fingerprint density at radius 2 is 2.11 bits per heavy atom. The molecule has 1 heterocycles. The Bertz CT molecular complexity index is 499. The number of rotatable bonds is 6. The average molecular weight is 302 g/mol. The van der Waals surface area contributed by atoms with Crippen LogP contribution in [0.1, 0.15) is 61.2 Å². The first kappa shape index (κ1) is 14.9. The summed E-state index contributed by atoms with van der Waals surface area (Å²) in [4.78, 5) is 5.95. The Morgan fingerprint density at radius 1 is 1.37 bits per heavy atom. The minimum absolute atomic E-state index is 0.207. The average Bonchev–Trinajstić information content (AvgIpc) is 2.80. The van der Waals surface area contributed by atoms with Crippen LogP contribution < -0.4 is 4.72 Å². The molecule has 1 N–H and O–H groups in total. The van der Waals surface area contributed by atoms with E-state index in [-0.39, 0.29) is 11.8 Å². The molecule has 6 heteroatoms. The maximum absolute atomic E-state index is 11.9. The molecule has 1 atom stereocenters. The fourth-order valence-electron chi connectivity index (χ4n) is 2.27. The van der Waals surface area contributed by atoms with Crippen molar-refractivity contribution in [1.29, 1.82) is 0 Å². The molecule has 0 aliphatic heterocycles. The summed E-state index contributed by atoms with van der Waals surface area (Å²) in [5, 5.41) is 0.909.